The third kappa shape index (κ3) is 3.59. The van der Waals surface area contributed by atoms with Crippen LogP contribution >= 0.6 is 11.6 Å². The monoisotopic (exact) mass is 391 g/mol. The number of amides is 1. The number of H-pyrrole nitrogens is 1. The Hall–Kier alpha value is -3.07. The van der Waals surface area contributed by atoms with Crippen molar-refractivity contribution in [3.05, 3.63) is 45.4 Å². The van der Waals surface area contributed by atoms with Gasteiger partial charge in [0.25, 0.3) is 5.69 Å². The normalized spacial score (nSPS) is 11.6. The number of nitro groups is 1. The smallest absolute Gasteiger partial charge is 0.298 e. The Kier molecular flexibility index (Phi) is 4.56. The Morgan fingerprint density at radius 2 is 2.04 bits per heavy atom. The number of carbonyl (C=O) groups is 1. The van der Waals surface area contributed by atoms with Gasteiger partial charge in [-0.3, -0.25) is 20.2 Å². The predicted octanol–water partition coefficient (Wildman–Crippen LogP) is 4.31. The standard InChI is InChI=1S/C17H15ClFN5O3/c1-17(2,3)15(25)23-16-21-13(9-6-8(19)4-5-10(9)18)12-11(24(26)27)7-20-14(12)22-16/h4-7H,1-3H3,(H2,20,21,22,23,25). The quantitative estimate of drug-likeness (QED) is 0.510. The summed E-state index contributed by atoms with van der Waals surface area (Å²) in [6.07, 6.45) is 1.16. The van der Waals surface area contributed by atoms with Crippen molar-refractivity contribution in [2.45, 2.75) is 20.8 Å². The van der Waals surface area contributed by atoms with E-state index in [0.29, 0.717) is 0 Å². The molecule has 0 bridgehead atoms. The zero-order valence-corrected chi connectivity index (χ0v) is 15.4. The van der Waals surface area contributed by atoms with E-state index in [0.717, 1.165) is 18.3 Å². The zero-order valence-electron chi connectivity index (χ0n) is 14.6. The molecule has 2 heterocycles. The number of hydrogen-bond acceptors (Lipinski definition) is 5. The molecule has 0 atom stereocenters. The summed E-state index contributed by atoms with van der Waals surface area (Å²) in [5.41, 5.74) is -0.679. The van der Waals surface area contributed by atoms with Crippen LogP contribution < -0.4 is 5.32 Å². The van der Waals surface area contributed by atoms with Crippen LogP contribution in [0.25, 0.3) is 22.3 Å². The number of fused-ring (bicyclic) bond motifs is 1. The van der Waals surface area contributed by atoms with Crippen molar-refractivity contribution in [2.75, 3.05) is 5.32 Å². The highest BCUT2D eigenvalue weighted by molar-refractivity contribution is 6.33. The van der Waals surface area contributed by atoms with Crippen LogP contribution in [0.1, 0.15) is 20.8 Å². The fourth-order valence-corrected chi connectivity index (χ4v) is 2.59. The molecular formula is C17H15ClFN5O3. The van der Waals surface area contributed by atoms with Gasteiger partial charge in [-0.1, -0.05) is 32.4 Å². The number of aromatic nitrogens is 3. The highest BCUT2D eigenvalue weighted by Crippen LogP contribution is 2.37. The van der Waals surface area contributed by atoms with Gasteiger partial charge in [0, 0.05) is 11.0 Å². The van der Waals surface area contributed by atoms with E-state index in [1.165, 1.54) is 6.07 Å². The second-order valence-corrected chi connectivity index (χ2v) is 7.29. The highest BCUT2D eigenvalue weighted by Gasteiger charge is 2.26. The maximum Gasteiger partial charge on any atom is 0.298 e. The topological polar surface area (TPSA) is 114 Å². The van der Waals surface area contributed by atoms with Crippen LogP contribution in [0.3, 0.4) is 0 Å². The lowest BCUT2D eigenvalue weighted by Crippen LogP contribution is -2.28. The first-order valence-electron chi connectivity index (χ1n) is 7.88. The van der Waals surface area contributed by atoms with Crippen molar-refractivity contribution in [1.29, 1.82) is 0 Å². The molecule has 0 aliphatic heterocycles. The van der Waals surface area contributed by atoms with E-state index >= 15 is 0 Å². The van der Waals surface area contributed by atoms with E-state index in [1.807, 2.05) is 0 Å². The second-order valence-electron chi connectivity index (χ2n) is 6.88. The molecule has 0 aliphatic carbocycles. The summed E-state index contributed by atoms with van der Waals surface area (Å²) in [6, 6.07) is 3.61. The Balaban J connectivity index is 2.27. The van der Waals surface area contributed by atoms with Crippen molar-refractivity contribution >= 4 is 40.2 Å². The average Bonchev–Trinajstić information content (AvgIpc) is 2.99. The molecule has 3 aromatic rings. The summed E-state index contributed by atoms with van der Waals surface area (Å²) < 4.78 is 13.8. The molecule has 2 N–H and O–H groups in total. The molecule has 3 rings (SSSR count). The molecule has 0 saturated carbocycles. The van der Waals surface area contributed by atoms with Crippen molar-refractivity contribution in [3.63, 3.8) is 0 Å². The first kappa shape index (κ1) is 18.7. The Morgan fingerprint density at radius 1 is 1.33 bits per heavy atom. The van der Waals surface area contributed by atoms with Crippen LogP contribution in [0.2, 0.25) is 5.02 Å². The van der Waals surface area contributed by atoms with Gasteiger partial charge in [-0.05, 0) is 18.2 Å². The number of halogens is 2. The maximum atomic E-state index is 13.8. The second kappa shape index (κ2) is 6.58. The number of benzene rings is 1. The summed E-state index contributed by atoms with van der Waals surface area (Å²) in [7, 11) is 0. The van der Waals surface area contributed by atoms with Gasteiger partial charge >= 0.3 is 0 Å². The van der Waals surface area contributed by atoms with E-state index in [1.54, 1.807) is 20.8 Å². The van der Waals surface area contributed by atoms with Gasteiger partial charge in [-0.15, -0.1) is 0 Å². The Labute approximate surface area is 157 Å². The molecule has 1 aromatic carbocycles. The maximum absolute atomic E-state index is 13.8. The van der Waals surface area contributed by atoms with Crippen molar-refractivity contribution in [2.24, 2.45) is 5.41 Å². The molecule has 27 heavy (non-hydrogen) atoms. The van der Waals surface area contributed by atoms with E-state index in [9.17, 15) is 19.3 Å². The number of aromatic amines is 1. The SMILES string of the molecule is CC(C)(C)C(=O)Nc1nc(-c2cc(F)ccc2Cl)c2c([N+](=O)[O-])c[nH]c2n1. The number of hydrogen-bond donors (Lipinski definition) is 2. The van der Waals surface area contributed by atoms with Crippen LogP contribution in [0.15, 0.2) is 24.4 Å². The number of rotatable bonds is 3. The van der Waals surface area contributed by atoms with E-state index in [-0.39, 0.29) is 44.9 Å². The molecule has 0 spiro atoms. The number of anilines is 1. The van der Waals surface area contributed by atoms with Crippen LogP contribution in [-0.2, 0) is 4.79 Å². The van der Waals surface area contributed by atoms with Gasteiger partial charge < -0.3 is 4.98 Å². The molecule has 8 nitrogen and oxygen atoms in total. The van der Waals surface area contributed by atoms with Crippen LogP contribution in [0, 0.1) is 21.3 Å². The molecule has 0 aliphatic rings. The average molecular weight is 392 g/mol. The van der Waals surface area contributed by atoms with Crippen LogP contribution in [0.5, 0.6) is 0 Å². The molecule has 0 radical (unpaired) electrons. The van der Waals surface area contributed by atoms with Gasteiger partial charge in [0.2, 0.25) is 11.9 Å². The fourth-order valence-electron chi connectivity index (χ4n) is 2.38. The lowest BCUT2D eigenvalue weighted by atomic mass is 9.96. The first-order chi connectivity index (χ1) is 12.6. The number of nitrogens with zero attached hydrogens (tertiary/aromatic N) is 3. The van der Waals surface area contributed by atoms with Gasteiger partial charge in [-0.25, -0.2) is 9.37 Å². The lowest BCUT2D eigenvalue weighted by Gasteiger charge is -2.17. The fraction of sp³-hybridized carbons (Fsp3) is 0.235. The minimum absolute atomic E-state index is 0.0432. The molecule has 0 fully saturated rings. The minimum Gasteiger partial charge on any atom is -0.340 e. The van der Waals surface area contributed by atoms with Gasteiger partial charge in [-0.2, -0.15) is 4.98 Å². The van der Waals surface area contributed by atoms with Gasteiger partial charge in [0.1, 0.15) is 11.2 Å². The highest BCUT2D eigenvalue weighted by atomic mass is 35.5. The van der Waals surface area contributed by atoms with Crippen molar-refractivity contribution < 1.29 is 14.1 Å². The lowest BCUT2D eigenvalue weighted by molar-refractivity contribution is -0.383. The molecule has 140 valence electrons. The predicted molar refractivity (Wildman–Crippen MR) is 99.0 cm³/mol. The Bertz CT molecular complexity index is 1070. The van der Waals surface area contributed by atoms with Crippen molar-refractivity contribution in [3.8, 4) is 11.3 Å². The Morgan fingerprint density at radius 3 is 2.67 bits per heavy atom. The van der Waals surface area contributed by atoms with Gasteiger partial charge in [0.05, 0.1) is 21.8 Å². The third-order valence-corrected chi connectivity index (χ3v) is 4.13. The summed E-state index contributed by atoms with van der Waals surface area (Å²) in [5, 5.41) is 14.2. The summed E-state index contributed by atoms with van der Waals surface area (Å²) >= 11 is 6.17. The van der Waals surface area contributed by atoms with E-state index in [4.69, 9.17) is 11.6 Å². The minimum atomic E-state index is -0.712. The first-order valence-corrected chi connectivity index (χ1v) is 8.26. The summed E-state index contributed by atoms with van der Waals surface area (Å²) in [6.45, 7) is 5.14. The van der Waals surface area contributed by atoms with Gasteiger partial charge in [0.15, 0.2) is 5.65 Å². The molecule has 1 amide bonds. The van der Waals surface area contributed by atoms with Crippen LogP contribution in [-0.4, -0.2) is 25.8 Å². The van der Waals surface area contributed by atoms with E-state index in [2.05, 4.69) is 20.3 Å². The van der Waals surface area contributed by atoms with Crippen molar-refractivity contribution in [1.82, 2.24) is 15.0 Å². The van der Waals surface area contributed by atoms with Crippen LogP contribution in [0.4, 0.5) is 16.0 Å². The summed E-state index contributed by atoms with van der Waals surface area (Å²) in [4.78, 5) is 34.0. The zero-order chi connectivity index (χ0) is 19.9. The molecular weight excluding hydrogens is 377 g/mol. The third-order valence-electron chi connectivity index (χ3n) is 3.80. The molecule has 0 saturated heterocycles. The summed E-state index contributed by atoms with van der Waals surface area (Å²) in [5.74, 6) is -1.01. The molecule has 10 heteroatoms. The molecule has 0 unspecified atom stereocenters. The number of nitrogens with one attached hydrogen (secondary N) is 2. The number of carbonyl (C=O) groups excluding carboxylic acids is 1. The van der Waals surface area contributed by atoms with E-state index < -0.39 is 16.2 Å². The molecule has 2 aromatic heterocycles. The largest absolute Gasteiger partial charge is 0.340 e.